The summed E-state index contributed by atoms with van der Waals surface area (Å²) in [5.41, 5.74) is 5.20. The Labute approximate surface area is 99.5 Å². The van der Waals surface area contributed by atoms with E-state index in [0.717, 1.165) is 6.07 Å². The predicted molar refractivity (Wildman–Crippen MR) is 59.3 cm³/mol. The molecule has 0 aliphatic rings. The monoisotopic (exact) mass is 292 g/mol. The molecule has 0 aliphatic carbocycles. The zero-order valence-corrected chi connectivity index (χ0v) is 9.92. The van der Waals surface area contributed by atoms with E-state index in [1.807, 2.05) is 0 Å². The molecule has 1 unspecified atom stereocenters. The van der Waals surface area contributed by atoms with Gasteiger partial charge in [-0.2, -0.15) is 0 Å². The van der Waals surface area contributed by atoms with Crippen molar-refractivity contribution < 1.29 is 19.0 Å². The van der Waals surface area contributed by atoms with Crippen molar-refractivity contribution >= 4 is 27.6 Å². The highest BCUT2D eigenvalue weighted by molar-refractivity contribution is 9.10. The van der Waals surface area contributed by atoms with Gasteiger partial charge in [-0.15, -0.1) is 0 Å². The number of hydrogen-bond acceptors (Lipinski definition) is 3. The Kier molecular flexibility index (Phi) is 4.22. The number of nitrogens with one attached hydrogen (secondary N) is 1. The van der Waals surface area contributed by atoms with Crippen LogP contribution in [0.4, 0.5) is 14.9 Å². The topological polar surface area (TPSA) is 84.6 Å². The second-order valence-corrected chi connectivity index (χ2v) is 3.79. The van der Waals surface area contributed by atoms with Gasteiger partial charge in [-0.25, -0.2) is 9.18 Å². The normalized spacial score (nSPS) is 12.2. The summed E-state index contributed by atoms with van der Waals surface area (Å²) in [7, 11) is 1.25. The summed E-state index contributed by atoms with van der Waals surface area (Å²) in [4.78, 5) is 10.7. The number of urea groups is 1. The molecular formula is C9H10BrFN2O3. The zero-order chi connectivity index (χ0) is 12.3. The third kappa shape index (κ3) is 2.91. The Hall–Kier alpha value is -1.18. The summed E-state index contributed by atoms with van der Waals surface area (Å²) >= 11 is 2.95. The lowest BCUT2D eigenvalue weighted by Gasteiger charge is -2.15. The smallest absolute Gasteiger partial charge is 0.316 e. The van der Waals surface area contributed by atoms with Gasteiger partial charge in [-0.1, -0.05) is 0 Å². The van der Waals surface area contributed by atoms with Gasteiger partial charge in [0.2, 0.25) is 0 Å². The molecule has 5 nitrogen and oxygen atoms in total. The fourth-order valence-electron chi connectivity index (χ4n) is 1.13. The SMILES string of the molecule is COC(O)c1cc(F)c(Br)cc1NC(N)=O. The van der Waals surface area contributed by atoms with Crippen molar-refractivity contribution in [1.82, 2.24) is 0 Å². The van der Waals surface area contributed by atoms with E-state index in [1.165, 1.54) is 13.2 Å². The summed E-state index contributed by atoms with van der Waals surface area (Å²) in [6.45, 7) is 0. The van der Waals surface area contributed by atoms with Crippen LogP contribution >= 0.6 is 15.9 Å². The standard InChI is InChI=1S/C9H10BrFN2O3/c1-16-8(14)4-2-6(11)5(10)3-7(4)13-9(12)15/h2-3,8,14H,1H3,(H3,12,13,15). The number of nitrogens with two attached hydrogens (primary N) is 1. The number of rotatable bonds is 3. The molecule has 0 aliphatic heterocycles. The quantitative estimate of drug-likeness (QED) is 0.742. The van der Waals surface area contributed by atoms with Gasteiger partial charge in [0.05, 0.1) is 10.2 Å². The van der Waals surface area contributed by atoms with Crippen LogP contribution in [0.1, 0.15) is 11.9 Å². The molecule has 16 heavy (non-hydrogen) atoms. The van der Waals surface area contributed by atoms with Crippen LogP contribution in [-0.4, -0.2) is 18.2 Å². The van der Waals surface area contributed by atoms with E-state index in [9.17, 15) is 14.3 Å². The second-order valence-electron chi connectivity index (χ2n) is 2.93. The highest BCUT2D eigenvalue weighted by Crippen LogP contribution is 2.29. The molecule has 7 heteroatoms. The largest absolute Gasteiger partial charge is 0.364 e. The summed E-state index contributed by atoms with van der Waals surface area (Å²) in [6.07, 6.45) is -1.34. The summed E-state index contributed by atoms with van der Waals surface area (Å²) in [5, 5.41) is 11.7. The minimum Gasteiger partial charge on any atom is -0.364 e. The lowest BCUT2D eigenvalue weighted by atomic mass is 10.1. The highest BCUT2D eigenvalue weighted by Gasteiger charge is 2.16. The van der Waals surface area contributed by atoms with Crippen LogP contribution in [0.25, 0.3) is 0 Å². The summed E-state index contributed by atoms with van der Waals surface area (Å²) < 4.78 is 18.0. The van der Waals surface area contributed by atoms with Gasteiger partial charge in [0.15, 0.2) is 6.29 Å². The van der Waals surface area contributed by atoms with Crippen molar-refractivity contribution in [2.75, 3.05) is 12.4 Å². The van der Waals surface area contributed by atoms with Gasteiger partial charge >= 0.3 is 6.03 Å². The lowest BCUT2D eigenvalue weighted by molar-refractivity contribution is -0.0765. The summed E-state index contributed by atoms with van der Waals surface area (Å²) in [6, 6.07) is 1.52. The van der Waals surface area contributed by atoms with Gasteiger partial charge in [0.1, 0.15) is 5.82 Å². The Balaban J connectivity index is 3.21. The molecule has 4 N–H and O–H groups in total. The molecule has 0 fully saturated rings. The van der Waals surface area contributed by atoms with E-state index in [4.69, 9.17) is 5.73 Å². The van der Waals surface area contributed by atoms with Crippen molar-refractivity contribution in [3.63, 3.8) is 0 Å². The third-order valence-corrected chi connectivity index (χ3v) is 2.45. The van der Waals surface area contributed by atoms with Crippen molar-refractivity contribution in [1.29, 1.82) is 0 Å². The van der Waals surface area contributed by atoms with Crippen molar-refractivity contribution in [2.24, 2.45) is 5.73 Å². The number of hydrogen-bond donors (Lipinski definition) is 3. The molecule has 88 valence electrons. The fourth-order valence-corrected chi connectivity index (χ4v) is 1.48. The van der Waals surface area contributed by atoms with E-state index in [1.54, 1.807) is 0 Å². The maximum atomic E-state index is 13.2. The van der Waals surface area contributed by atoms with E-state index >= 15 is 0 Å². The summed E-state index contributed by atoms with van der Waals surface area (Å²) in [5.74, 6) is -0.582. The number of aliphatic hydroxyl groups is 1. The average Bonchev–Trinajstić information content (AvgIpc) is 2.21. The Morgan fingerprint density at radius 1 is 1.69 bits per heavy atom. The number of carbonyl (C=O) groups is 1. The van der Waals surface area contributed by atoms with Crippen molar-refractivity contribution in [2.45, 2.75) is 6.29 Å². The number of ether oxygens (including phenoxy) is 1. The van der Waals surface area contributed by atoms with Crippen LogP contribution in [0.15, 0.2) is 16.6 Å². The molecule has 0 saturated carbocycles. The Morgan fingerprint density at radius 3 is 2.81 bits per heavy atom. The molecule has 0 bridgehead atoms. The maximum absolute atomic E-state index is 13.2. The van der Waals surface area contributed by atoms with E-state index in [2.05, 4.69) is 26.0 Å². The number of anilines is 1. The predicted octanol–water partition coefficient (Wildman–Crippen LogP) is 1.72. The molecule has 0 aromatic heterocycles. The lowest BCUT2D eigenvalue weighted by Crippen LogP contribution is -2.21. The van der Waals surface area contributed by atoms with Crippen molar-refractivity contribution in [3.05, 3.63) is 28.0 Å². The molecule has 1 rings (SSSR count). The van der Waals surface area contributed by atoms with Crippen LogP contribution in [-0.2, 0) is 4.74 Å². The molecule has 0 spiro atoms. The number of methoxy groups -OCH3 is 1. The van der Waals surface area contributed by atoms with Crippen LogP contribution < -0.4 is 11.1 Å². The Morgan fingerprint density at radius 2 is 2.31 bits per heavy atom. The Bertz CT molecular complexity index is 414. The van der Waals surface area contributed by atoms with Crippen LogP contribution in [0.3, 0.4) is 0 Å². The first-order chi connectivity index (χ1) is 7.45. The van der Waals surface area contributed by atoms with Crippen LogP contribution in [0.5, 0.6) is 0 Å². The molecule has 2 amide bonds. The number of halogens is 2. The molecule has 1 aromatic rings. The number of benzene rings is 1. The van der Waals surface area contributed by atoms with Gasteiger partial charge in [0.25, 0.3) is 0 Å². The first-order valence-electron chi connectivity index (χ1n) is 4.22. The maximum Gasteiger partial charge on any atom is 0.316 e. The van der Waals surface area contributed by atoms with Crippen LogP contribution in [0, 0.1) is 5.82 Å². The molecule has 1 aromatic carbocycles. The first-order valence-corrected chi connectivity index (χ1v) is 5.01. The van der Waals surface area contributed by atoms with E-state index in [0.29, 0.717) is 0 Å². The first kappa shape index (κ1) is 12.9. The van der Waals surface area contributed by atoms with Crippen LogP contribution in [0.2, 0.25) is 0 Å². The van der Waals surface area contributed by atoms with Gasteiger partial charge in [0, 0.05) is 12.7 Å². The van der Waals surface area contributed by atoms with E-state index < -0.39 is 18.1 Å². The average molecular weight is 293 g/mol. The number of aliphatic hydroxyl groups excluding tert-OH is 1. The zero-order valence-electron chi connectivity index (χ0n) is 8.33. The van der Waals surface area contributed by atoms with Gasteiger partial charge < -0.3 is 20.9 Å². The number of carbonyl (C=O) groups excluding carboxylic acids is 1. The molecular weight excluding hydrogens is 283 g/mol. The number of amides is 2. The van der Waals surface area contributed by atoms with Gasteiger partial charge in [-0.05, 0) is 28.1 Å². The highest BCUT2D eigenvalue weighted by atomic mass is 79.9. The number of primary amides is 1. The molecule has 0 saturated heterocycles. The van der Waals surface area contributed by atoms with Crippen molar-refractivity contribution in [3.8, 4) is 0 Å². The second kappa shape index (κ2) is 5.24. The fraction of sp³-hybridized carbons (Fsp3) is 0.222. The van der Waals surface area contributed by atoms with E-state index in [-0.39, 0.29) is 15.7 Å². The molecule has 0 heterocycles. The molecule has 0 radical (unpaired) electrons. The minimum absolute atomic E-state index is 0.0852. The van der Waals surface area contributed by atoms with Gasteiger partial charge in [-0.3, -0.25) is 0 Å². The third-order valence-electron chi connectivity index (χ3n) is 1.84. The minimum atomic E-state index is -1.34. The molecule has 1 atom stereocenters.